The van der Waals surface area contributed by atoms with Crippen LogP contribution >= 0.6 is 0 Å². The number of rotatable bonds is 4. The zero-order valence-corrected chi connectivity index (χ0v) is 19.3. The van der Waals surface area contributed by atoms with Crippen molar-refractivity contribution in [3.8, 4) is 0 Å². The number of nitrogens with zero attached hydrogens (tertiary/aromatic N) is 6. The summed E-state index contributed by atoms with van der Waals surface area (Å²) in [5, 5.41) is 0. The summed E-state index contributed by atoms with van der Waals surface area (Å²) in [7, 11) is 0. The van der Waals surface area contributed by atoms with Gasteiger partial charge in [-0.25, -0.2) is 14.4 Å². The quantitative estimate of drug-likeness (QED) is 0.386. The molecule has 0 amide bonds. The Kier molecular flexibility index (Phi) is 6.15. The zero-order valence-electron chi connectivity index (χ0n) is 19.3. The lowest BCUT2D eigenvalue weighted by Gasteiger charge is -2.34. The van der Waals surface area contributed by atoms with Gasteiger partial charge in [-0.2, -0.15) is 13.2 Å². The van der Waals surface area contributed by atoms with Crippen LogP contribution in [0.15, 0.2) is 53.8 Å². The molecule has 186 valence electrons. The third-order valence-electron chi connectivity index (χ3n) is 6.48. The number of hydrogen-bond acceptors (Lipinski definition) is 6. The number of piperidine rings is 1. The van der Waals surface area contributed by atoms with E-state index in [2.05, 4.69) is 19.9 Å². The number of anilines is 1. The third-order valence-corrected chi connectivity index (χ3v) is 6.48. The van der Waals surface area contributed by atoms with Crippen LogP contribution in [0.3, 0.4) is 0 Å². The van der Waals surface area contributed by atoms with Crippen molar-refractivity contribution < 1.29 is 17.6 Å². The van der Waals surface area contributed by atoms with E-state index in [0.29, 0.717) is 48.9 Å². The van der Waals surface area contributed by atoms with Crippen LogP contribution in [0.5, 0.6) is 0 Å². The second-order valence-electron chi connectivity index (χ2n) is 8.82. The highest BCUT2D eigenvalue weighted by atomic mass is 19.4. The van der Waals surface area contributed by atoms with Crippen molar-refractivity contribution in [2.45, 2.75) is 38.4 Å². The lowest BCUT2D eigenvalue weighted by atomic mass is 9.89. The largest absolute Gasteiger partial charge is 0.434 e. The molecular formula is C25H22F4N6O. The highest BCUT2D eigenvalue weighted by molar-refractivity contribution is 5.71. The lowest BCUT2D eigenvalue weighted by molar-refractivity contribution is -0.141. The maximum Gasteiger partial charge on any atom is 0.434 e. The van der Waals surface area contributed by atoms with Gasteiger partial charge >= 0.3 is 6.18 Å². The van der Waals surface area contributed by atoms with E-state index in [1.807, 2.05) is 17.9 Å². The number of benzene rings is 1. The molecule has 7 nitrogen and oxygen atoms in total. The zero-order chi connectivity index (χ0) is 25.4. The number of para-hydroxylation sites is 1. The maximum absolute atomic E-state index is 14.5. The van der Waals surface area contributed by atoms with Crippen LogP contribution in [0, 0.1) is 12.7 Å². The molecule has 3 aromatic heterocycles. The molecule has 1 aliphatic rings. The fourth-order valence-corrected chi connectivity index (χ4v) is 4.77. The van der Waals surface area contributed by atoms with E-state index in [9.17, 15) is 22.4 Å². The van der Waals surface area contributed by atoms with E-state index in [0.717, 1.165) is 5.56 Å². The number of hydrogen-bond donors (Lipinski definition) is 0. The second kappa shape index (κ2) is 9.29. The Balaban J connectivity index is 1.48. The van der Waals surface area contributed by atoms with Crippen molar-refractivity contribution >= 4 is 16.9 Å². The Labute approximate surface area is 203 Å². The summed E-state index contributed by atoms with van der Waals surface area (Å²) in [4.78, 5) is 31.4. The number of fused-ring (bicyclic) bond motifs is 1. The predicted octanol–water partition coefficient (Wildman–Crippen LogP) is 4.48. The summed E-state index contributed by atoms with van der Waals surface area (Å²) >= 11 is 0. The fraction of sp³-hybridized carbons (Fsp3) is 0.320. The first-order valence-electron chi connectivity index (χ1n) is 11.4. The van der Waals surface area contributed by atoms with Gasteiger partial charge in [-0.15, -0.1) is 0 Å². The molecule has 5 rings (SSSR count). The van der Waals surface area contributed by atoms with E-state index < -0.39 is 11.9 Å². The predicted molar refractivity (Wildman–Crippen MR) is 125 cm³/mol. The van der Waals surface area contributed by atoms with Crippen LogP contribution in [-0.4, -0.2) is 37.6 Å². The van der Waals surface area contributed by atoms with E-state index in [1.165, 1.54) is 29.2 Å². The number of aryl methyl sites for hydroxylation is 1. The normalized spacial score (nSPS) is 15.0. The van der Waals surface area contributed by atoms with Crippen LogP contribution in [-0.2, 0) is 12.7 Å². The molecule has 36 heavy (non-hydrogen) atoms. The van der Waals surface area contributed by atoms with Crippen LogP contribution in [0.1, 0.15) is 41.3 Å². The summed E-state index contributed by atoms with van der Waals surface area (Å²) in [6.07, 6.45) is 1.33. The minimum Gasteiger partial charge on any atom is -0.369 e. The third kappa shape index (κ3) is 4.52. The van der Waals surface area contributed by atoms with Crippen LogP contribution in [0.4, 0.5) is 23.2 Å². The molecule has 0 spiro atoms. The highest BCUT2D eigenvalue weighted by Crippen LogP contribution is 2.33. The number of alkyl halides is 3. The van der Waals surface area contributed by atoms with Gasteiger partial charge < -0.3 is 4.90 Å². The molecular weight excluding hydrogens is 476 g/mol. The Morgan fingerprint density at radius 3 is 2.56 bits per heavy atom. The average molecular weight is 498 g/mol. The number of halogens is 4. The molecule has 4 heterocycles. The number of pyridine rings is 1. The first kappa shape index (κ1) is 23.8. The van der Waals surface area contributed by atoms with Crippen molar-refractivity contribution in [2.24, 2.45) is 0 Å². The standard InChI is InChI=1S/C25H22F4N6O/c1-15-3-2-4-19(26)22(15)34-9-5-16(6-10-34)18-11-20-23(32-8-7-31-20)35(24(18)36)14-17-12-30-13-21(33-17)25(27,28)29/h2-4,7-8,11-13,16H,5-6,9-10,14H2,1H3. The fourth-order valence-electron chi connectivity index (χ4n) is 4.77. The van der Waals surface area contributed by atoms with Crippen LogP contribution < -0.4 is 10.5 Å². The average Bonchev–Trinajstić information content (AvgIpc) is 2.86. The Bertz CT molecular complexity index is 1460. The van der Waals surface area contributed by atoms with Crippen LogP contribution in [0.2, 0.25) is 0 Å². The molecule has 0 radical (unpaired) electrons. The molecule has 1 saturated heterocycles. The van der Waals surface area contributed by atoms with Gasteiger partial charge in [0, 0.05) is 31.0 Å². The van der Waals surface area contributed by atoms with Gasteiger partial charge in [0.2, 0.25) is 0 Å². The number of aromatic nitrogens is 5. The SMILES string of the molecule is Cc1cccc(F)c1N1CCC(c2cc3nccnc3n(Cc3cncc(C(F)(F)F)n3)c2=O)CC1. The molecule has 1 aliphatic heterocycles. The minimum atomic E-state index is -4.65. The molecule has 11 heteroatoms. The molecule has 0 aliphatic carbocycles. The summed E-state index contributed by atoms with van der Waals surface area (Å²) in [5.74, 6) is -0.398. The van der Waals surface area contributed by atoms with Gasteiger partial charge in [0.1, 0.15) is 11.3 Å². The lowest BCUT2D eigenvalue weighted by Crippen LogP contribution is -2.36. The van der Waals surface area contributed by atoms with E-state index in [1.54, 1.807) is 12.1 Å². The molecule has 1 fully saturated rings. The van der Waals surface area contributed by atoms with Gasteiger partial charge in [0.05, 0.1) is 30.3 Å². The van der Waals surface area contributed by atoms with Crippen molar-refractivity contribution in [2.75, 3.05) is 18.0 Å². The van der Waals surface area contributed by atoms with Gasteiger partial charge in [0.15, 0.2) is 11.3 Å². The van der Waals surface area contributed by atoms with Crippen molar-refractivity contribution in [1.29, 1.82) is 0 Å². The highest BCUT2D eigenvalue weighted by Gasteiger charge is 2.33. The topological polar surface area (TPSA) is 76.8 Å². The van der Waals surface area contributed by atoms with Crippen molar-refractivity contribution in [3.63, 3.8) is 0 Å². The van der Waals surface area contributed by atoms with Crippen molar-refractivity contribution in [3.05, 3.63) is 87.7 Å². The van der Waals surface area contributed by atoms with E-state index in [4.69, 9.17) is 0 Å². The van der Waals surface area contributed by atoms with Gasteiger partial charge in [-0.1, -0.05) is 12.1 Å². The van der Waals surface area contributed by atoms with E-state index >= 15 is 0 Å². The van der Waals surface area contributed by atoms with Gasteiger partial charge in [-0.05, 0) is 43.4 Å². The second-order valence-corrected chi connectivity index (χ2v) is 8.82. The first-order valence-corrected chi connectivity index (χ1v) is 11.4. The molecule has 0 N–H and O–H groups in total. The molecule has 0 unspecified atom stereocenters. The molecule has 0 atom stereocenters. The summed E-state index contributed by atoms with van der Waals surface area (Å²) in [6.45, 7) is 2.75. The maximum atomic E-state index is 14.5. The smallest absolute Gasteiger partial charge is 0.369 e. The molecule has 1 aromatic carbocycles. The Morgan fingerprint density at radius 1 is 1.08 bits per heavy atom. The first-order chi connectivity index (χ1) is 17.2. The monoisotopic (exact) mass is 498 g/mol. The summed E-state index contributed by atoms with van der Waals surface area (Å²) < 4.78 is 55.2. The van der Waals surface area contributed by atoms with Crippen LogP contribution in [0.25, 0.3) is 11.2 Å². The minimum absolute atomic E-state index is 0.0131. The Hall–Kier alpha value is -3.89. The van der Waals surface area contributed by atoms with E-state index in [-0.39, 0.29) is 35.2 Å². The Morgan fingerprint density at radius 2 is 1.83 bits per heavy atom. The molecule has 0 saturated carbocycles. The van der Waals surface area contributed by atoms with Gasteiger partial charge in [-0.3, -0.25) is 19.3 Å². The molecule has 0 bridgehead atoms. The van der Waals surface area contributed by atoms with Crippen molar-refractivity contribution in [1.82, 2.24) is 24.5 Å². The summed E-state index contributed by atoms with van der Waals surface area (Å²) in [6, 6.07) is 6.68. The van der Waals surface area contributed by atoms with Gasteiger partial charge in [0.25, 0.3) is 5.56 Å². The molecule has 4 aromatic rings. The summed E-state index contributed by atoms with van der Waals surface area (Å²) in [5.41, 5.74) is 1.14.